The van der Waals surface area contributed by atoms with Crippen LogP contribution < -0.4 is 5.32 Å². The van der Waals surface area contributed by atoms with Gasteiger partial charge in [0.05, 0.1) is 0 Å². The molecule has 0 spiro atoms. The fourth-order valence-electron chi connectivity index (χ4n) is 3.49. The number of fused-ring (bicyclic) bond motifs is 1. The van der Waals surface area contributed by atoms with Crippen LogP contribution in [0, 0.1) is 0 Å². The van der Waals surface area contributed by atoms with E-state index in [1.165, 1.54) is 12.5 Å². The van der Waals surface area contributed by atoms with Gasteiger partial charge in [0.15, 0.2) is 5.78 Å². The van der Waals surface area contributed by atoms with E-state index in [0.29, 0.717) is 24.3 Å². The normalized spacial score (nSPS) is 12.8. The predicted octanol–water partition coefficient (Wildman–Crippen LogP) is 3.74. The summed E-state index contributed by atoms with van der Waals surface area (Å²) in [5.41, 5.74) is 3.93. The average Bonchev–Trinajstić information content (AvgIpc) is 2.78. The van der Waals surface area contributed by atoms with E-state index in [4.69, 9.17) is 0 Å². The minimum Gasteiger partial charge on any atom is -0.333 e. The number of nitrogens with one attached hydrogen (secondary N) is 1. The Morgan fingerprint density at radius 2 is 1.57 bits per heavy atom. The van der Waals surface area contributed by atoms with Crippen LogP contribution in [-0.4, -0.2) is 34.0 Å². The third-order valence-corrected chi connectivity index (χ3v) is 5.17. The van der Waals surface area contributed by atoms with E-state index in [-0.39, 0.29) is 23.1 Å². The number of aromatic nitrogens is 1. The van der Waals surface area contributed by atoms with Crippen molar-refractivity contribution in [3.63, 3.8) is 0 Å². The third kappa shape index (κ3) is 4.12. The van der Waals surface area contributed by atoms with Crippen LogP contribution >= 0.6 is 0 Å². The summed E-state index contributed by atoms with van der Waals surface area (Å²) in [6.07, 6.45) is 0.804. The Balaban J connectivity index is 1.47. The monoisotopic (exact) mass is 399 g/mol. The van der Waals surface area contributed by atoms with Gasteiger partial charge >= 0.3 is 0 Å². The van der Waals surface area contributed by atoms with Gasteiger partial charge in [-0.1, -0.05) is 30.3 Å². The number of hydrogen-bond donors (Lipinski definition) is 1. The van der Waals surface area contributed by atoms with Gasteiger partial charge in [0.25, 0.3) is 11.8 Å². The first-order valence-electron chi connectivity index (χ1n) is 9.77. The molecule has 3 aromatic rings. The lowest BCUT2D eigenvalue weighted by molar-refractivity contribution is 0.0728. The van der Waals surface area contributed by atoms with Gasteiger partial charge in [-0.3, -0.25) is 14.4 Å². The molecule has 0 aliphatic carbocycles. The van der Waals surface area contributed by atoms with E-state index in [9.17, 15) is 14.4 Å². The van der Waals surface area contributed by atoms with Crippen molar-refractivity contribution in [3.8, 4) is 0 Å². The molecule has 6 nitrogen and oxygen atoms in total. The number of Topliss-reactive ketones (excluding diaryl/α,β-unsaturated/α-hetero) is 1. The average molecular weight is 399 g/mol. The van der Waals surface area contributed by atoms with E-state index in [0.717, 1.165) is 12.0 Å². The maximum absolute atomic E-state index is 12.9. The van der Waals surface area contributed by atoms with Gasteiger partial charge < -0.3 is 10.2 Å². The Labute approximate surface area is 174 Å². The van der Waals surface area contributed by atoms with Crippen LogP contribution in [0.3, 0.4) is 0 Å². The number of nitrogens with zero attached hydrogens (tertiary/aromatic N) is 2. The first kappa shape index (κ1) is 19.5. The molecule has 4 rings (SSSR count). The molecule has 0 radical (unpaired) electrons. The highest BCUT2D eigenvalue weighted by Gasteiger charge is 2.23. The highest BCUT2D eigenvalue weighted by atomic mass is 16.2. The van der Waals surface area contributed by atoms with E-state index < -0.39 is 5.91 Å². The minimum absolute atomic E-state index is 0.0407. The van der Waals surface area contributed by atoms with Crippen molar-refractivity contribution in [2.24, 2.45) is 0 Å². The van der Waals surface area contributed by atoms with E-state index >= 15 is 0 Å². The second kappa shape index (κ2) is 8.29. The predicted molar refractivity (Wildman–Crippen MR) is 114 cm³/mol. The van der Waals surface area contributed by atoms with Crippen LogP contribution in [0.5, 0.6) is 0 Å². The number of hydrogen-bond acceptors (Lipinski definition) is 4. The molecule has 0 fully saturated rings. The Hall–Kier alpha value is -3.80. The van der Waals surface area contributed by atoms with Crippen molar-refractivity contribution in [1.82, 2.24) is 9.88 Å². The zero-order chi connectivity index (χ0) is 21.1. The second-order valence-corrected chi connectivity index (χ2v) is 7.24. The molecule has 1 aliphatic heterocycles. The zero-order valence-electron chi connectivity index (χ0n) is 16.6. The zero-order valence-corrected chi connectivity index (χ0v) is 16.6. The number of rotatable bonds is 4. The summed E-state index contributed by atoms with van der Waals surface area (Å²) in [6, 6.07) is 19.6. The van der Waals surface area contributed by atoms with Gasteiger partial charge in [-0.05, 0) is 60.9 Å². The first-order chi connectivity index (χ1) is 14.5. The number of pyridine rings is 1. The molecule has 1 N–H and O–H groups in total. The molecule has 30 heavy (non-hydrogen) atoms. The molecule has 0 saturated carbocycles. The summed E-state index contributed by atoms with van der Waals surface area (Å²) < 4.78 is 0. The van der Waals surface area contributed by atoms with Crippen LogP contribution in [0.2, 0.25) is 0 Å². The van der Waals surface area contributed by atoms with Crippen molar-refractivity contribution in [2.45, 2.75) is 19.9 Å². The third-order valence-electron chi connectivity index (χ3n) is 5.17. The summed E-state index contributed by atoms with van der Waals surface area (Å²) in [5.74, 6) is -0.643. The number of carbonyl (C=O) groups is 3. The standard InChI is InChI=1S/C24H21N3O3/c1-16(28)17-9-11-20(12-10-17)25-23(29)21-7-4-8-22(26-21)24(30)27-14-13-18-5-2-3-6-19(18)15-27/h2-12H,13-15H2,1H3,(H,25,29). The SMILES string of the molecule is CC(=O)c1ccc(NC(=O)c2cccc(C(=O)N3CCc4ccccc4C3)n2)cc1. The minimum atomic E-state index is -0.413. The molecule has 2 amide bonds. The topological polar surface area (TPSA) is 79.4 Å². The fourth-order valence-corrected chi connectivity index (χ4v) is 3.49. The van der Waals surface area contributed by atoms with Crippen LogP contribution in [0.4, 0.5) is 5.69 Å². The number of anilines is 1. The van der Waals surface area contributed by atoms with Crippen LogP contribution in [-0.2, 0) is 13.0 Å². The summed E-state index contributed by atoms with van der Waals surface area (Å²) in [5, 5.41) is 2.75. The second-order valence-electron chi connectivity index (χ2n) is 7.24. The highest BCUT2D eigenvalue weighted by Crippen LogP contribution is 2.20. The number of benzene rings is 2. The first-order valence-corrected chi connectivity index (χ1v) is 9.77. The molecule has 2 aromatic carbocycles. The van der Waals surface area contributed by atoms with Crippen molar-refractivity contribution in [1.29, 1.82) is 0 Å². The lowest BCUT2D eigenvalue weighted by atomic mass is 10.00. The molecule has 6 heteroatoms. The fraction of sp³-hybridized carbons (Fsp3) is 0.167. The van der Waals surface area contributed by atoms with Crippen LogP contribution in [0.25, 0.3) is 0 Å². The number of ketones is 1. The molecule has 2 heterocycles. The quantitative estimate of drug-likeness (QED) is 0.678. The van der Waals surface area contributed by atoms with Gasteiger partial charge in [0, 0.05) is 24.3 Å². The summed E-state index contributed by atoms with van der Waals surface area (Å²) in [4.78, 5) is 42.9. The largest absolute Gasteiger partial charge is 0.333 e. The van der Waals surface area contributed by atoms with Crippen molar-refractivity contribution >= 4 is 23.3 Å². The molecule has 0 bridgehead atoms. The Morgan fingerprint density at radius 3 is 2.30 bits per heavy atom. The molecule has 0 saturated heterocycles. The Kier molecular flexibility index (Phi) is 5.39. The molecule has 1 aromatic heterocycles. The van der Waals surface area contributed by atoms with Gasteiger partial charge in [-0.25, -0.2) is 4.98 Å². The van der Waals surface area contributed by atoms with Crippen molar-refractivity contribution < 1.29 is 14.4 Å². The number of carbonyl (C=O) groups excluding carboxylic acids is 3. The maximum Gasteiger partial charge on any atom is 0.274 e. The number of amides is 2. The van der Waals surface area contributed by atoms with Gasteiger partial charge in [0.2, 0.25) is 0 Å². The summed E-state index contributed by atoms with van der Waals surface area (Å²) in [6.45, 7) is 2.65. The lowest BCUT2D eigenvalue weighted by Gasteiger charge is -2.28. The van der Waals surface area contributed by atoms with Crippen LogP contribution in [0.1, 0.15) is 49.4 Å². The van der Waals surface area contributed by atoms with E-state index in [1.54, 1.807) is 47.4 Å². The van der Waals surface area contributed by atoms with Gasteiger partial charge in [0.1, 0.15) is 11.4 Å². The van der Waals surface area contributed by atoms with Crippen LogP contribution in [0.15, 0.2) is 66.7 Å². The Bertz CT molecular complexity index is 1120. The molecule has 150 valence electrons. The van der Waals surface area contributed by atoms with E-state index in [1.807, 2.05) is 18.2 Å². The summed E-state index contributed by atoms with van der Waals surface area (Å²) >= 11 is 0. The van der Waals surface area contributed by atoms with Gasteiger partial charge in [-0.2, -0.15) is 0 Å². The molecule has 0 unspecified atom stereocenters. The van der Waals surface area contributed by atoms with E-state index in [2.05, 4.69) is 16.4 Å². The van der Waals surface area contributed by atoms with Crippen molar-refractivity contribution in [2.75, 3.05) is 11.9 Å². The molecular formula is C24H21N3O3. The van der Waals surface area contributed by atoms with Gasteiger partial charge in [-0.15, -0.1) is 0 Å². The molecular weight excluding hydrogens is 378 g/mol. The lowest BCUT2D eigenvalue weighted by Crippen LogP contribution is -2.36. The smallest absolute Gasteiger partial charge is 0.274 e. The Morgan fingerprint density at radius 1 is 0.867 bits per heavy atom. The maximum atomic E-state index is 12.9. The molecule has 1 aliphatic rings. The highest BCUT2D eigenvalue weighted by molar-refractivity contribution is 6.04. The summed E-state index contributed by atoms with van der Waals surface area (Å²) in [7, 11) is 0. The van der Waals surface area contributed by atoms with Crippen molar-refractivity contribution in [3.05, 3.63) is 94.8 Å². The molecule has 0 atom stereocenters.